The highest BCUT2D eigenvalue weighted by atomic mass is 35.5. The summed E-state index contributed by atoms with van der Waals surface area (Å²) in [7, 11) is 0. The van der Waals surface area contributed by atoms with E-state index in [0.29, 0.717) is 12.8 Å². The molecule has 0 aromatic rings. The molecule has 1 aliphatic carbocycles. The van der Waals surface area contributed by atoms with Crippen molar-refractivity contribution in [3.8, 4) is 0 Å². The Balaban J connectivity index is 2.19. The number of aliphatic hydroxyl groups excluding tert-OH is 1. The predicted molar refractivity (Wildman–Crippen MR) is 55.0 cm³/mol. The van der Waals surface area contributed by atoms with E-state index in [2.05, 4.69) is 0 Å². The number of aliphatic hydroxyl groups is 1. The van der Waals surface area contributed by atoms with Crippen LogP contribution in [0.5, 0.6) is 0 Å². The Hall–Kier alpha value is -1.42. The van der Waals surface area contributed by atoms with Gasteiger partial charge in [0.25, 0.3) is 0 Å². The van der Waals surface area contributed by atoms with E-state index in [1.54, 1.807) is 12.2 Å². The largest absolute Gasteiger partial charge is 0.501 e. The fourth-order valence-electron chi connectivity index (χ4n) is 1.57. The normalized spacial score (nSPS) is 26.2. The summed E-state index contributed by atoms with van der Waals surface area (Å²) in [4.78, 5) is 11.5. The van der Waals surface area contributed by atoms with Gasteiger partial charge in [0.2, 0.25) is 17.4 Å². The van der Waals surface area contributed by atoms with Crippen molar-refractivity contribution in [3.05, 3.63) is 34.4 Å². The number of allylic oxidation sites excluding steroid dienone is 3. The maximum atomic E-state index is 11.5. The minimum Gasteiger partial charge on any atom is -0.501 e. The van der Waals surface area contributed by atoms with E-state index < -0.39 is 17.6 Å². The van der Waals surface area contributed by atoms with Gasteiger partial charge in [-0.15, -0.1) is 0 Å². The minimum absolute atomic E-state index is 0.202. The molecule has 0 saturated carbocycles. The lowest BCUT2D eigenvalue weighted by Crippen LogP contribution is -2.22. The molecule has 15 heavy (non-hydrogen) atoms. The van der Waals surface area contributed by atoms with Gasteiger partial charge in [0.1, 0.15) is 0 Å². The molecule has 0 bridgehead atoms. The lowest BCUT2D eigenvalue weighted by Gasteiger charge is -2.16. The van der Waals surface area contributed by atoms with Gasteiger partial charge in [-0.2, -0.15) is 0 Å². The van der Waals surface area contributed by atoms with Crippen LogP contribution in [0.4, 0.5) is 0 Å². The van der Waals surface area contributed by atoms with Gasteiger partial charge in [0.05, 0.1) is 0 Å². The third kappa shape index (κ3) is 1.72. The molecule has 1 unspecified atom stereocenters. The smallest absolute Gasteiger partial charge is 0.247 e. The Bertz CT molecular complexity index is 409. The number of hydrogen-bond donors (Lipinski definition) is 2. The van der Waals surface area contributed by atoms with Gasteiger partial charge >= 0.3 is 0 Å². The third-order valence-electron chi connectivity index (χ3n) is 2.42. The number of halogens is 1. The second-order valence-corrected chi connectivity index (χ2v) is 3.92. The van der Waals surface area contributed by atoms with Gasteiger partial charge in [-0.05, 0) is 24.5 Å². The van der Waals surface area contributed by atoms with Crippen LogP contribution in [0.3, 0.4) is 0 Å². The summed E-state index contributed by atoms with van der Waals surface area (Å²) >= 11 is 5.79. The second kappa shape index (κ2) is 3.62. The molecule has 3 N–H and O–H groups in total. The van der Waals surface area contributed by atoms with Crippen LogP contribution in [0.15, 0.2) is 34.4 Å². The quantitative estimate of drug-likeness (QED) is 0.712. The number of nitrogens with two attached hydrogens (primary N) is 1. The first-order valence-electron chi connectivity index (χ1n) is 4.54. The highest BCUT2D eigenvalue weighted by Crippen LogP contribution is 2.29. The van der Waals surface area contributed by atoms with Crippen LogP contribution in [-0.2, 0) is 9.53 Å². The maximum Gasteiger partial charge on any atom is 0.247 e. The molecule has 2 aliphatic rings. The first-order valence-corrected chi connectivity index (χ1v) is 4.92. The van der Waals surface area contributed by atoms with Crippen LogP contribution in [0.25, 0.3) is 0 Å². The third-order valence-corrected chi connectivity index (χ3v) is 2.73. The van der Waals surface area contributed by atoms with Crippen molar-refractivity contribution in [1.82, 2.24) is 0 Å². The van der Waals surface area contributed by atoms with Gasteiger partial charge in [-0.1, -0.05) is 17.7 Å². The molecule has 0 saturated heterocycles. The average molecular weight is 228 g/mol. The van der Waals surface area contributed by atoms with Gasteiger partial charge in [-0.3, -0.25) is 4.79 Å². The fourth-order valence-corrected chi connectivity index (χ4v) is 1.73. The molecule has 2 rings (SSSR count). The predicted octanol–water partition coefficient (Wildman–Crippen LogP) is 1.48. The first-order chi connectivity index (χ1) is 7.09. The molecular weight excluding hydrogens is 218 g/mol. The standard InChI is InChI=1S/C10H10ClNO3/c11-6-3-1-5(2-4-6)9-7(13)8(14)10(12)15-9/h1,3,9,14H,2,4,12H2. The van der Waals surface area contributed by atoms with Crippen LogP contribution >= 0.6 is 11.6 Å². The molecule has 0 radical (unpaired) electrons. The van der Waals surface area contributed by atoms with Crippen LogP contribution in [0.2, 0.25) is 0 Å². The molecule has 1 aliphatic heterocycles. The number of ketones is 1. The average Bonchev–Trinajstić information content (AvgIpc) is 2.47. The highest BCUT2D eigenvalue weighted by Gasteiger charge is 2.36. The minimum atomic E-state index is -0.772. The van der Waals surface area contributed by atoms with E-state index in [1.165, 1.54) is 0 Å². The van der Waals surface area contributed by atoms with Crippen LogP contribution < -0.4 is 5.73 Å². The molecular formula is C10H10ClNO3. The topological polar surface area (TPSA) is 72.5 Å². The molecule has 1 atom stereocenters. The van der Waals surface area contributed by atoms with Crippen molar-refractivity contribution < 1.29 is 14.6 Å². The lowest BCUT2D eigenvalue weighted by atomic mass is 9.97. The van der Waals surface area contributed by atoms with Gasteiger partial charge in [0.15, 0.2) is 6.10 Å². The Labute approximate surface area is 91.7 Å². The van der Waals surface area contributed by atoms with E-state index in [1.807, 2.05) is 0 Å². The van der Waals surface area contributed by atoms with Crippen molar-refractivity contribution in [2.75, 3.05) is 0 Å². The zero-order valence-electron chi connectivity index (χ0n) is 7.87. The van der Waals surface area contributed by atoms with E-state index in [-0.39, 0.29) is 5.88 Å². The van der Waals surface area contributed by atoms with E-state index >= 15 is 0 Å². The van der Waals surface area contributed by atoms with Crippen molar-refractivity contribution in [3.63, 3.8) is 0 Å². The number of carbonyl (C=O) groups is 1. The highest BCUT2D eigenvalue weighted by molar-refractivity contribution is 6.29. The Morgan fingerprint density at radius 1 is 1.47 bits per heavy atom. The summed E-state index contributed by atoms with van der Waals surface area (Å²) in [6, 6.07) is 0. The van der Waals surface area contributed by atoms with Crippen molar-refractivity contribution in [2.45, 2.75) is 18.9 Å². The Morgan fingerprint density at radius 2 is 2.20 bits per heavy atom. The van der Waals surface area contributed by atoms with E-state index in [9.17, 15) is 9.90 Å². The number of Topliss-reactive ketones (excluding diaryl/α,β-unsaturated/α-hetero) is 1. The summed E-state index contributed by atoms with van der Waals surface area (Å²) in [5, 5.41) is 9.98. The monoisotopic (exact) mass is 227 g/mol. The van der Waals surface area contributed by atoms with Crippen LogP contribution in [0.1, 0.15) is 12.8 Å². The zero-order chi connectivity index (χ0) is 11.0. The number of ether oxygens (including phenoxy) is 1. The fraction of sp³-hybridized carbons (Fsp3) is 0.300. The van der Waals surface area contributed by atoms with E-state index in [4.69, 9.17) is 22.1 Å². The maximum absolute atomic E-state index is 11.5. The molecule has 80 valence electrons. The zero-order valence-corrected chi connectivity index (χ0v) is 8.62. The number of rotatable bonds is 1. The molecule has 0 aromatic heterocycles. The van der Waals surface area contributed by atoms with Crippen LogP contribution in [0, 0.1) is 0 Å². The number of carbonyl (C=O) groups excluding carboxylic acids is 1. The van der Waals surface area contributed by atoms with Gasteiger partial charge in [-0.25, -0.2) is 0 Å². The molecule has 0 amide bonds. The first kappa shape index (κ1) is 10.1. The summed E-state index contributed by atoms with van der Waals surface area (Å²) < 4.78 is 5.08. The molecule has 0 spiro atoms. The molecule has 5 heteroatoms. The van der Waals surface area contributed by atoms with Gasteiger partial charge in [0, 0.05) is 5.03 Å². The van der Waals surface area contributed by atoms with E-state index in [0.717, 1.165) is 10.6 Å². The summed E-state index contributed by atoms with van der Waals surface area (Å²) in [6.45, 7) is 0. The summed E-state index contributed by atoms with van der Waals surface area (Å²) in [5.74, 6) is -1.17. The number of hydrogen-bond acceptors (Lipinski definition) is 4. The SMILES string of the molecule is NC1=C(O)C(=O)C(C2=CC=C(Cl)CC2)O1. The van der Waals surface area contributed by atoms with Gasteiger partial charge < -0.3 is 15.6 Å². The van der Waals surface area contributed by atoms with Crippen molar-refractivity contribution in [2.24, 2.45) is 5.73 Å². The molecule has 0 fully saturated rings. The molecule has 1 heterocycles. The van der Waals surface area contributed by atoms with Crippen molar-refractivity contribution >= 4 is 17.4 Å². The Kier molecular flexibility index (Phi) is 2.44. The summed E-state index contributed by atoms with van der Waals surface area (Å²) in [6.07, 6.45) is 4.02. The summed E-state index contributed by atoms with van der Waals surface area (Å²) in [5.41, 5.74) is 6.10. The molecule has 4 nitrogen and oxygen atoms in total. The Morgan fingerprint density at radius 3 is 2.67 bits per heavy atom. The second-order valence-electron chi connectivity index (χ2n) is 3.43. The lowest BCUT2D eigenvalue weighted by molar-refractivity contribution is -0.121. The molecule has 0 aromatic carbocycles. The van der Waals surface area contributed by atoms with Crippen LogP contribution in [-0.4, -0.2) is 17.0 Å². The van der Waals surface area contributed by atoms with Crippen molar-refractivity contribution in [1.29, 1.82) is 0 Å².